The van der Waals surface area contributed by atoms with Crippen molar-refractivity contribution in [1.29, 1.82) is 0 Å². The third-order valence-corrected chi connectivity index (χ3v) is 3.52. The van der Waals surface area contributed by atoms with Crippen molar-refractivity contribution in [3.8, 4) is 5.75 Å². The molecule has 0 spiro atoms. The first kappa shape index (κ1) is 17.3. The van der Waals surface area contributed by atoms with E-state index in [4.69, 9.17) is 10.5 Å². The van der Waals surface area contributed by atoms with Gasteiger partial charge >= 0.3 is 11.8 Å². The lowest BCUT2D eigenvalue weighted by Gasteiger charge is -2.09. The fourth-order valence-electron chi connectivity index (χ4n) is 2.17. The lowest BCUT2D eigenvalue weighted by atomic mass is 10.1. The molecule has 0 saturated carbocycles. The van der Waals surface area contributed by atoms with E-state index in [0.29, 0.717) is 24.3 Å². The zero-order chi connectivity index (χ0) is 17.5. The van der Waals surface area contributed by atoms with Gasteiger partial charge in [0.1, 0.15) is 5.75 Å². The predicted octanol–water partition coefficient (Wildman–Crippen LogP) is 1.88. The minimum absolute atomic E-state index is 0.363. The van der Waals surface area contributed by atoms with Crippen molar-refractivity contribution in [2.45, 2.75) is 13.3 Å². The molecule has 24 heavy (non-hydrogen) atoms. The van der Waals surface area contributed by atoms with Crippen LogP contribution < -0.4 is 21.1 Å². The number of nitrogen functional groups attached to an aromatic ring is 1. The van der Waals surface area contributed by atoms with E-state index in [9.17, 15) is 9.59 Å². The summed E-state index contributed by atoms with van der Waals surface area (Å²) in [6, 6.07) is 12.8. The van der Waals surface area contributed by atoms with Crippen LogP contribution in [0.5, 0.6) is 5.75 Å². The molecule has 0 heterocycles. The van der Waals surface area contributed by atoms with Crippen molar-refractivity contribution in [3.05, 3.63) is 53.6 Å². The van der Waals surface area contributed by atoms with Crippen LogP contribution in [0.25, 0.3) is 0 Å². The van der Waals surface area contributed by atoms with Crippen LogP contribution in [-0.2, 0) is 16.0 Å². The second-order valence-corrected chi connectivity index (χ2v) is 5.40. The molecule has 6 nitrogen and oxygen atoms in total. The number of carbonyl (C=O) groups is 2. The van der Waals surface area contributed by atoms with Crippen LogP contribution in [0, 0.1) is 6.92 Å². The van der Waals surface area contributed by atoms with Crippen molar-refractivity contribution in [1.82, 2.24) is 5.32 Å². The van der Waals surface area contributed by atoms with Crippen molar-refractivity contribution in [2.75, 3.05) is 24.7 Å². The first-order valence-corrected chi connectivity index (χ1v) is 7.58. The van der Waals surface area contributed by atoms with Gasteiger partial charge in [-0.3, -0.25) is 9.59 Å². The van der Waals surface area contributed by atoms with Gasteiger partial charge in [-0.2, -0.15) is 0 Å². The Hall–Kier alpha value is -3.02. The van der Waals surface area contributed by atoms with Gasteiger partial charge in [0.05, 0.1) is 18.5 Å². The Balaban J connectivity index is 1.81. The second kappa shape index (κ2) is 8.01. The van der Waals surface area contributed by atoms with Crippen molar-refractivity contribution in [3.63, 3.8) is 0 Å². The van der Waals surface area contributed by atoms with Gasteiger partial charge in [-0.05, 0) is 48.7 Å². The lowest BCUT2D eigenvalue weighted by Crippen LogP contribution is -2.36. The molecular formula is C18H21N3O3. The number of benzene rings is 2. The molecule has 0 unspecified atom stereocenters. The number of carbonyl (C=O) groups excluding carboxylic acids is 2. The summed E-state index contributed by atoms with van der Waals surface area (Å²) in [5, 5.41) is 5.10. The number of amides is 2. The summed E-state index contributed by atoms with van der Waals surface area (Å²) in [5.41, 5.74) is 8.69. The average Bonchev–Trinajstić information content (AvgIpc) is 2.57. The molecule has 2 aromatic carbocycles. The summed E-state index contributed by atoms with van der Waals surface area (Å²) in [7, 11) is 1.61. The fraction of sp³-hybridized carbons (Fsp3) is 0.222. The summed E-state index contributed by atoms with van der Waals surface area (Å²) < 4.78 is 5.08. The number of nitrogens with two attached hydrogens (primary N) is 1. The van der Waals surface area contributed by atoms with Crippen LogP contribution in [0.2, 0.25) is 0 Å². The van der Waals surface area contributed by atoms with Gasteiger partial charge in [-0.1, -0.05) is 18.2 Å². The van der Waals surface area contributed by atoms with Gasteiger partial charge in [0.2, 0.25) is 0 Å². The van der Waals surface area contributed by atoms with Crippen LogP contribution in [0.15, 0.2) is 42.5 Å². The molecular weight excluding hydrogens is 306 g/mol. The van der Waals surface area contributed by atoms with E-state index in [-0.39, 0.29) is 0 Å². The highest BCUT2D eigenvalue weighted by Gasteiger charge is 2.14. The van der Waals surface area contributed by atoms with E-state index in [2.05, 4.69) is 10.6 Å². The number of aryl methyl sites for hydroxylation is 1. The Labute approximate surface area is 141 Å². The maximum atomic E-state index is 11.9. The van der Waals surface area contributed by atoms with Gasteiger partial charge in [0, 0.05) is 6.54 Å². The third kappa shape index (κ3) is 4.74. The van der Waals surface area contributed by atoms with Crippen LogP contribution >= 0.6 is 0 Å². The molecule has 0 bridgehead atoms. The van der Waals surface area contributed by atoms with Gasteiger partial charge in [0.25, 0.3) is 0 Å². The highest BCUT2D eigenvalue weighted by molar-refractivity contribution is 6.39. The number of hydrogen-bond acceptors (Lipinski definition) is 4. The molecule has 2 aromatic rings. The fourth-order valence-corrected chi connectivity index (χ4v) is 2.17. The third-order valence-electron chi connectivity index (χ3n) is 3.52. The Morgan fingerprint density at radius 3 is 2.42 bits per heavy atom. The summed E-state index contributed by atoms with van der Waals surface area (Å²) in [5.74, 6) is -0.651. The molecule has 2 amide bonds. The Kier molecular flexibility index (Phi) is 5.78. The number of ether oxygens (including phenoxy) is 1. The molecule has 0 aliphatic carbocycles. The van der Waals surface area contributed by atoms with E-state index < -0.39 is 11.8 Å². The highest BCUT2D eigenvalue weighted by Crippen LogP contribution is 2.19. The number of anilines is 2. The summed E-state index contributed by atoms with van der Waals surface area (Å²) in [4.78, 5) is 23.7. The van der Waals surface area contributed by atoms with Gasteiger partial charge in [-0.15, -0.1) is 0 Å². The number of methoxy groups -OCH3 is 1. The smallest absolute Gasteiger partial charge is 0.313 e. The van der Waals surface area contributed by atoms with Gasteiger partial charge < -0.3 is 21.1 Å². The number of nitrogens with one attached hydrogen (secondary N) is 2. The predicted molar refractivity (Wildman–Crippen MR) is 93.9 cm³/mol. The van der Waals surface area contributed by atoms with Gasteiger partial charge in [0.15, 0.2) is 0 Å². The van der Waals surface area contributed by atoms with Crippen molar-refractivity contribution in [2.24, 2.45) is 0 Å². The Morgan fingerprint density at radius 1 is 1.08 bits per heavy atom. The largest absolute Gasteiger partial charge is 0.497 e. The van der Waals surface area contributed by atoms with Crippen LogP contribution in [0.1, 0.15) is 11.1 Å². The molecule has 0 aromatic heterocycles. The van der Waals surface area contributed by atoms with E-state index in [0.717, 1.165) is 16.9 Å². The summed E-state index contributed by atoms with van der Waals surface area (Å²) in [6.07, 6.45) is 0.621. The molecule has 0 aliphatic rings. The molecule has 126 valence electrons. The standard InChI is InChI=1S/C18H21N3O3/c1-12-3-8-16(15(19)11-12)21-18(23)17(22)20-10-9-13-4-6-14(24-2)7-5-13/h3-8,11H,9-10,19H2,1-2H3,(H,20,22)(H,21,23). The highest BCUT2D eigenvalue weighted by atomic mass is 16.5. The second-order valence-electron chi connectivity index (χ2n) is 5.40. The minimum atomic E-state index is -0.736. The zero-order valence-corrected chi connectivity index (χ0v) is 13.8. The quantitative estimate of drug-likeness (QED) is 0.577. The first-order valence-electron chi connectivity index (χ1n) is 7.58. The van der Waals surface area contributed by atoms with E-state index in [1.807, 2.05) is 37.3 Å². The molecule has 0 fully saturated rings. The van der Waals surface area contributed by atoms with Crippen LogP contribution in [-0.4, -0.2) is 25.5 Å². The monoisotopic (exact) mass is 327 g/mol. The molecule has 0 saturated heterocycles. The van der Waals surface area contributed by atoms with Crippen molar-refractivity contribution >= 4 is 23.2 Å². The zero-order valence-electron chi connectivity index (χ0n) is 13.8. The molecule has 6 heteroatoms. The number of hydrogen-bond donors (Lipinski definition) is 3. The van der Waals surface area contributed by atoms with Gasteiger partial charge in [-0.25, -0.2) is 0 Å². The maximum absolute atomic E-state index is 11.9. The maximum Gasteiger partial charge on any atom is 0.313 e. The Bertz CT molecular complexity index is 727. The van der Waals surface area contributed by atoms with E-state index in [1.165, 1.54) is 0 Å². The van der Waals surface area contributed by atoms with Crippen LogP contribution in [0.3, 0.4) is 0 Å². The molecule has 2 rings (SSSR count). The summed E-state index contributed by atoms with van der Waals surface area (Å²) >= 11 is 0. The molecule has 0 radical (unpaired) electrons. The van der Waals surface area contributed by atoms with Crippen LogP contribution in [0.4, 0.5) is 11.4 Å². The molecule has 4 N–H and O–H groups in total. The minimum Gasteiger partial charge on any atom is -0.497 e. The SMILES string of the molecule is COc1ccc(CCNC(=O)C(=O)Nc2ccc(C)cc2N)cc1. The Morgan fingerprint density at radius 2 is 1.79 bits per heavy atom. The lowest BCUT2D eigenvalue weighted by molar-refractivity contribution is -0.136. The first-order chi connectivity index (χ1) is 11.5. The van der Waals surface area contributed by atoms with E-state index in [1.54, 1.807) is 19.2 Å². The molecule has 0 aliphatic heterocycles. The normalized spacial score (nSPS) is 10.1. The average molecular weight is 327 g/mol. The van der Waals surface area contributed by atoms with Crippen molar-refractivity contribution < 1.29 is 14.3 Å². The topological polar surface area (TPSA) is 93.4 Å². The number of rotatable bonds is 5. The van der Waals surface area contributed by atoms with E-state index >= 15 is 0 Å². The summed E-state index contributed by atoms with van der Waals surface area (Å²) in [6.45, 7) is 2.26. The molecule has 0 atom stereocenters.